The average Bonchev–Trinajstić information content (AvgIpc) is 2.77. The van der Waals surface area contributed by atoms with Gasteiger partial charge in [0, 0.05) is 6.54 Å². The number of Topliss-reactive ketones (excluding diaryl/α,β-unsaturated/α-hetero) is 1. The van der Waals surface area contributed by atoms with Crippen molar-refractivity contribution in [2.75, 3.05) is 19.7 Å². The van der Waals surface area contributed by atoms with Crippen molar-refractivity contribution in [1.29, 1.82) is 0 Å². The van der Waals surface area contributed by atoms with E-state index in [9.17, 15) is 34.8 Å². The predicted molar refractivity (Wildman–Crippen MR) is 108 cm³/mol. The molecule has 1 amide bonds. The lowest BCUT2D eigenvalue weighted by Gasteiger charge is -2.21. The molecule has 0 aliphatic rings. The molecular formula is C20H30N2O9. The van der Waals surface area contributed by atoms with E-state index in [0.717, 1.165) is 5.56 Å². The quantitative estimate of drug-likeness (QED) is 0.162. The molecule has 0 radical (unpaired) electrons. The molecule has 11 heteroatoms. The zero-order valence-corrected chi connectivity index (χ0v) is 17.0. The van der Waals surface area contributed by atoms with Gasteiger partial charge in [-0.2, -0.15) is 0 Å². The summed E-state index contributed by atoms with van der Waals surface area (Å²) in [6.07, 6.45) is -5.07. The number of ether oxygens (including phenoxy) is 1. The van der Waals surface area contributed by atoms with Crippen LogP contribution in [0.1, 0.15) is 24.8 Å². The molecule has 174 valence electrons. The van der Waals surface area contributed by atoms with E-state index in [-0.39, 0.29) is 19.6 Å². The minimum atomic E-state index is -1.96. The van der Waals surface area contributed by atoms with E-state index in [2.05, 4.69) is 10.6 Å². The van der Waals surface area contributed by atoms with Crippen molar-refractivity contribution in [2.45, 2.75) is 50.2 Å². The summed E-state index contributed by atoms with van der Waals surface area (Å²) >= 11 is 0. The molecule has 0 saturated carbocycles. The van der Waals surface area contributed by atoms with Gasteiger partial charge in [-0.3, -0.25) is 14.9 Å². The first-order valence-corrected chi connectivity index (χ1v) is 9.84. The molecule has 31 heavy (non-hydrogen) atoms. The predicted octanol–water partition coefficient (Wildman–Crippen LogP) is -1.23. The van der Waals surface area contributed by atoms with Gasteiger partial charge in [0.25, 0.3) is 0 Å². The van der Waals surface area contributed by atoms with Crippen LogP contribution in [0.4, 0.5) is 4.79 Å². The first-order valence-electron chi connectivity index (χ1n) is 9.84. The molecule has 0 fully saturated rings. The van der Waals surface area contributed by atoms with Crippen LogP contribution >= 0.6 is 0 Å². The van der Waals surface area contributed by atoms with Crippen LogP contribution in [0.15, 0.2) is 30.3 Å². The van der Waals surface area contributed by atoms with E-state index in [0.29, 0.717) is 12.8 Å². The highest BCUT2D eigenvalue weighted by atomic mass is 16.5. The van der Waals surface area contributed by atoms with Crippen LogP contribution in [0.2, 0.25) is 0 Å². The third-order valence-electron chi connectivity index (χ3n) is 4.46. The summed E-state index contributed by atoms with van der Waals surface area (Å²) in [5, 5.41) is 51.4. The number of rotatable bonds is 15. The van der Waals surface area contributed by atoms with Crippen molar-refractivity contribution in [3.05, 3.63) is 35.9 Å². The summed E-state index contributed by atoms with van der Waals surface area (Å²) in [7, 11) is 0. The molecule has 4 atom stereocenters. The Morgan fingerprint density at radius 3 is 2.32 bits per heavy atom. The number of aliphatic carboxylic acids is 1. The van der Waals surface area contributed by atoms with Gasteiger partial charge < -0.3 is 35.6 Å². The first kappa shape index (κ1) is 26.5. The summed E-state index contributed by atoms with van der Waals surface area (Å²) in [6.45, 7) is -0.966. The minimum absolute atomic E-state index is 0.140. The second-order valence-electron chi connectivity index (χ2n) is 6.91. The Morgan fingerprint density at radius 1 is 1.03 bits per heavy atom. The largest absolute Gasteiger partial charge is 0.480 e. The normalized spacial score (nSPS) is 14.8. The topological polar surface area (TPSA) is 186 Å². The molecule has 0 saturated heterocycles. The molecule has 0 aliphatic heterocycles. The Hall–Kier alpha value is -2.57. The Balaban J connectivity index is 2.25. The molecule has 1 aromatic carbocycles. The highest BCUT2D eigenvalue weighted by molar-refractivity contribution is 5.86. The van der Waals surface area contributed by atoms with Crippen LogP contribution in [0, 0.1) is 0 Å². The van der Waals surface area contributed by atoms with E-state index in [1.807, 2.05) is 30.3 Å². The number of carbonyl (C=O) groups is 3. The molecule has 11 nitrogen and oxygen atoms in total. The molecule has 7 N–H and O–H groups in total. The van der Waals surface area contributed by atoms with E-state index >= 15 is 0 Å². The highest BCUT2D eigenvalue weighted by Crippen LogP contribution is 2.05. The molecule has 0 unspecified atom stereocenters. The maximum Gasteiger partial charge on any atom is 0.407 e. The Morgan fingerprint density at radius 2 is 1.71 bits per heavy atom. The second kappa shape index (κ2) is 14.4. The Kier molecular flexibility index (Phi) is 12.3. The fourth-order valence-electron chi connectivity index (χ4n) is 2.59. The molecule has 0 bridgehead atoms. The maximum absolute atomic E-state index is 11.8. The number of unbranched alkanes of at least 4 members (excludes halogenated alkanes) is 1. The highest BCUT2D eigenvalue weighted by Gasteiger charge is 2.30. The smallest absolute Gasteiger partial charge is 0.407 e. The summed E-state index contributed by atoms with van der Waals surface area (Å²) in [6, 6.07) is 8.08. The molecular weight excluding hydrogens is 412 g/mol. The van der Waals surface area contributed by atoms with Gasteiger partial charge in [0.15, 0.2) is 5.78 Å². The summed E-state index contributed by atoms with van der Waals surface area (Å²) in [5.41, 5.74) is 0.853. The molecule has 1 aromatic rings. The molecule has 0 heterocycles. The number of alkyl carbamates (subject to hydrolysis) is 1. The summed E-state index contributed by atoms with van der Waals surface area (Å²) < 4.78 is 5.05. The zero-order valence-electron chi connectivity index (χ0n) is 17.0. The maximum atomic E-state index is 11.8. The number of hydrogen-bond donors (Lipinski definition) is 7. The molecule has 1 rings (SSSR count). The van der Waals surface area contributed by atoms with Gasteiger partial charge in [-0.1, -0.05) is 30.3 Å². The van der Waals surface area contributed by atoms with Crippen LogP contribution in [0.5, 0.6) is 0 Å². The van der Waals surface area contributed by atoms with Crippen LogP contribution in [0.25, 0.3) is 0 Å². The summed E-state index contributed by atoms with van der Waals surface area (Å²) in [5.74, 6) is -2.12. The van der Waals surface area contributed by atoms with E-state index in [4.69, 9.17) is 9.84 Å². The van der Waals surface area contributed by atoms with Gasteiger partial charge in [-0.05, 0) is 24.8 Å². The van der Waals surface area contributed by atoms with E-state index in [1.165, 1.54) is 0 Å². The van der Waals surface area contributed by atoms with Crippen molar-refractivity contribution in [3.8, 4) is 0 Å². The van der Waals surface area contributed by atoms with Crippen molar-refractivity contribution in [1.82, 2.24) is 10.6 Å². The van der Waals surface area contributed by atoms with Crippen LogP contribution < -0.4 is 10.6 Å². The number of amides is 1. The number of ketones is 1. The van der Waals surface area contributed by atoms with Gasteiger partial charge in [0.2, 0.25) is 0 Å². The second-order valence-corrected chi connectivity index (χ2v) is 6.91. The van der Waals surface area contributed by atoms with Gasteiger partial charge in [0.05, 0.1) is 13.2 Å². The van der Waals surface area contributed by atoms with Crippen molar-refractivity contribution in [2.24, 2.45) is 0 Å². The molecule has 0 aliphatic carbocycles. The van der Waals surface area contributed by atoms with Gasteiger partial charge in [-0.15, -0.1) is 0 Å². The summed E-state index contributed by atoms with van der Waals surface area (Å²) in [4.78, 5) is 34.8. The molecule has 0 spiro atoms. The average molecular weight is 442 g/mol. The third kappa shape index (κ3) is 10.3. The van der Waals surface area contributed by atoms with Gasteiger partial charge in [-0.25, -0.2) is 4.79 Å². The minimum Gasteiger partial charge on any atom is -0.480 e. The number of carboxylic acids is 1. The molecule has 0 aromatic heterocycles. The number of carbonyl (C=O) groups excluding carboxylic acids is 2. The van der Waals surface area contributed by atoms with Gasteiger partial charge >= 0.3 is 12.1 Å². The van der Waals surface area contributed by atoms with Crippen molar-refractivity contribution in [3.63, 3.8) is 0 Å². The third-order valence-corrected chi connectivity index (χ3v) is 4.46. The lowest BCUT2D eigenvalue weighted by molar-refractivity contribution is -0.141. The lowest BCUT2D eigenvalue weighted by atomic mass is 10.0. The Labute approximate surface area is 179 Å². The van der Waals surface area contributed by atoms with Gasteiger partial charge in [0.1, 0.15) is 31.0 Å². The number of aliphatic hydroxyl groups excluding tert-OH is 4. The first-order chi connectivity index (χ1) is 14.8. The number of benzene rings is 1. The van der Waals surface area contributed by atoms with Crippen molar-refractivity contribution >= 4 is 17.8 Å². The zero-order chi connectivity index (χ0) is 23.2. The number of nitrogens with one attached hydrogen (secondary N) is 2. The fourth-order valence-corrected chi connectivity index (χ4v) is 2.59. The van der Waals surface area contributed by atoms with Crippen LogP contribution in [-0.4, -0.2) is 87.4 Å². The van der Waals surface area contributed by atoms with Crippen molar-refractivity contribution < 1.29 is 44.7 Å². The monoisotopic (exact) mass is 442 g/mol. The van der Waals surface area contributed by atoms with E-state index < -0.39 is 55.4 Å². The van der Waals surface area contributed by atoms with Crippen LogP contribution in [0.3, 0.4) is 0 Å². The van der Waals surface area contributed by atoms with E-state index in [1.54, 1.807) is 0 Å². The Bertz CT molecular complexity index is 686. The fraction of sp³-hybridized carbons (Fsp3) is 0.550. The lowest BCUT2D eigenvalue weighted by Crippen LogP contribution is -2.48. The SMILES string of the molecule is O=C(NCCCC[C@H](NCC(=O)[C@@H](O)[C@H](O)[C@H](O)CO)C(=O)O)OCc1ccccc1. The van der Waals surface area contributed by atoms with Crippen LogP contribution in [-0.2, 0) is 20.9 Å². The number of aliphatic hydroxyl groups is 4. The number of carboxylic acid groups (broad SMARTS) is 1. The standard InChI is InChI=1S/C20H30N2O9/c23-11-16(25)18(27)17(26)15(24)10-22-14(19(28)29)8-4-5-9-21-20(30)31-12-13-6-2-1-3-7-13/h1-3,6-7,14,16-18,22-23,25-27H,4-5,8-12H2,(H,21,30)(H,28,29)/t14-,16+,17+,18+/m0/s1. The number of hydrogen-bond acceptors (Lipinski definition) is 9.